The maximum atomic E-state index is 16.8. The van der Waals surface area contributed by atoms with E-state index in [1.807, 2.05) is 0 Å². The van der Waals surface area contributed by atoms with Gasteiger partial charge in [0.1, 0.15) is 30.2 Å². The minimum Gasteiger partial charge on any atom is -0.461 e. The lowest BCUT2D eigenvalue weighted by molar-refractivity contribution is -0.159. The first-order valence-corrected chi connectivity index (χ1v) is 16.1. The fourth-order valence-corrected chi connectivity index (χ4v) is 8.97. The summed E-state index contributed by atoms with van der Waals surface area (Å²) in [6, 6.07) is 2.03. The highest BCUT2D eigenvalue weighted by molar-refractivity contribution is 6.32. The monoisotopic (exact) mass is 652 g/mol. The number of hydrogen-bond acceptors (Lipinski definition) is 8. The predicted molar refractivity (Wildman–Crippen MR) is 159 cm³/mol. The molecular formula is C31H34ClF5N6O2. The lowest BCUT2D eigenvalue weighted by Gasteiger charge is -2.51. The van der Waals surface area contributed by atoms with Crippen LogP contribution in [0.1, 0.15) is 68.9 Å². The normalized spacial score (nSPS) is 33.9. The summed E-state index contributed by atoms with van der Waals surface area (Å²) in [5.41, 5.74) is 2.32. The molecule has 2 N–H and O–H groups in total. The number of hydrogen-bond donors (Lipinski definition) is 1. The van der Waals surface area contributed by atoms with Crippen LogP contribution in [0.25, 0.3) is 0 Å². The van der Waals surface area contributed by atoms with E-state index in [2.05, 4.69) is 19.8 Å². The Bertz CT molecular complexity index is 1560. The molecule has 4 saturated heterocycles. The minimum absolute atomic E-state index is 0.0684. The second-order valence-corrected chi connectivity index (χ2v) is 14.0. The molecule has 8 nitrogen and oxygen atoms in total. The number of dihydropyridines is 1. The van der Waals surface area contributed by atoms with E-state index in [9.17, 15) is 17.6 Å². The van der Waals surface area contributed by atoms with Crippen molar-refractivity contribution in [1.29, 1.82) is 0 Å². The zero-order valence-corrected chi connectivity index (χ0v) is 25.3. The summed E-state index contributed by atoms with van der Waals surface area (Å²) < 4.78 is 87.2. The van der Waals surface area contributed by atoms with Gasteiger partial charge in [0.2, 0.25) is 0 Å². The van der Waals surface area contributed by atoms with Crippen LogP contribution in [0.3, 0.4) is 0 Å². The molecule has 45 heavy (non-hydrogen) atoms. The third-order valence-electron chi connectivity index (χ3n) is 10.8. The maximum Gasteiger partial charge on any atom is 0.418 e. The summed E-state index contributed by atoms with van der Waals surface area (Å²) in [5.74, 6) is -1.43. The van der Waals surface area contributed by atoms with Crippen molar-refractivity contribution >= 4 is 34.9 Å². The molecule has 1 saturated carbocycles. The molecule has 5 fully saturated rings. The van der Waals surface area contributed by atoms with Gasteiger partial charge in [-0.3, -0.25) is 4.90 Å². The molecule has 242 valence electrons. The van der Waals surface area contributed by atoms with Gasteiger partial charge in [-0.15, -0.1) is 0 Å². The van der Waals surface area contributed by atoms with Crippen LogP contribution in [-0.4, -0.2) is 83.2 Å². The molecule has 5 atom stereocenters. The number of alkyl halides is 4. The van der Waals surface area contributed by atoms with Crippen molar-refractivity contribution in [2.45, 2.75) is 93.5 Å². The van der Waals surface area contributed by atoms with Gasteiger partial charge in [0.05, 0.1) is 27.4 Å². The maximum absolute atomic E-state index is 16.8. The first-order chi connectivity index (χ1) is 21.5. The van der Waals surface area contributed by atoms with Crippen LogP contribution in [-0.2, 0) is 15.7 Å². The molecular weight excluding hydrogens is 619 g/mol. The van der Waals surface area contributed by atoms with E-state index in [1.165, 1.54) is 0 Å². The fourth-order valence-electron chi connectivity index (χ4n) is 8.63. The number of allylic oxidation sites excluding steroid dienone is 1. The van der Waals surface area contributed by atoms with E-state index >= 15 is 4.39 Å². The highest BCUT2D eigenvalue weighted by Gasteiger charge is 2.54. The smallest absolute Gasteiger partial charge is 0.418 e. The second kappa shape index (κ2) is 10.4. The molecule has 14 heteroatoms. The first kappa shape index (κ1) is 29.6. The number of rotatable bonds is 3. The number of halogens is 6. The van der Waals surface area contributed by atoms with Crippen LogP contribution in [0.4, 0.5) is 27.6 Å². The molecule has 1 aromatic rings. The SMILES string of the molecule is Nc1cc(Cl)c(C(F)(F)F)c(C2=NC3OC4(CCC4)C[C@H]4CCCN4C4=NC(OC[C@@]56CCCN5C[C@H](F)C6)=NC(=C2F)C43)c1. The van der Waals surface area contributed by atoms with Gasteiger partial charge in [-0.1, -0.05) is 11.6 Å². The number of nitrogens with zero attached hydrogens (tertiary/aromatic N) is 5. The van der Waals surface area contributed by atoms with Gasteiger partial charge < -0.3 is 20.1 Å². The summed E-state index contributed by atoms with van der Waals surface area (Å²) >= 11 is 6.07. The van der Waals surface area contributed by atoms with Crippen LogP contribution >= 0.6 is 11.6 Å². The van der Waals surface area contributed by atoms with Crippen molar-refractivity contribution < 1.29 is 31.4 Å². The molecule has 8 rings (SSSR count). The topological polar surface area (TPSA) is 88.0 Å². The summed E-state index contributed by atoms with van der Waals surface area (Å²) in [6.45, 7) is 1.92. The summed E-state index contributed by atoms with van der Waals surface area (Å²) in [5, 5.41) is -0.657. The van der Waals surface area contributed by atoms with E-state index in [-0.39, 0.29) is 30.1 Å². The average molecular weight is 653 g/mol. The zero-order chi connectivity index (χ0) is 31.3. The molecule has 0 bridgehead atoms. The van der Waals surface area contributed by atoms with Crippen molar-refractivity contribution in [3.8, 4) is 0 Å². The molecule has 0 aromatic heterocycles. The van der Waals surface area contributed by atoms with E-state index in [1.54, 1.807) is 0 Å². The summed E-state index contributed by atoms with van der Waals surface area (Å²) in [6.07, 6.45) is 0.105. The van der Waals surface area contributed by atoms with Crippen LogP contribution in [0.15, 0.2) is 38.6 Å². The van der Waals surface area contributed by atoms with Crippen LogP contribution in [0.5, 0.6) is 0 Å². The molecule has 2 unspecified atom stereocenters. The molecule has 0 radical (unpaired) electrons. The summed E-state index contributed by atoms with van der Waals surface area (Å²) in [4.78, 5) is 18.1. The number of benzene rings is 1. The zero-order valence-electron chi connectivity index (χ0n) is 24.6. The van der Waals surface area contributed by atoms with Crippen molar-refractivity contribution in [3.05, 3.63) is 39.8 Å². The van der Waals surface area contributed by atoms with Gasteiger partial charge in [0.15, 0.2) is 12.1 Å². The van der Waals surface area contributed by atoms with E-state index in [0.717, 1.165) is 63.6 Å². The van der Waals surface area contributed by atoms with E-state index < -0.39 is 63.3 Å². The second-order valence-electron chi connectivity index (χ2n) is 13.5. The number of nitrogens with two attached hydrogens (primary N) is 1. The molecule has 6 heterocycles. The van der Waals surface area contributed by atoms with Gasteiger partial charge in [0.25, 0.3) is 0 Å². The predicted octanol–water partition coefficient (Wildman–Crippen LogP) is 6.04. The fraction of sp³-hybridized carbons (Fsp3) is 0.645. The van der Waals surface area contributed by atoms with Gasteiger partial charge in [-0.05, 0) is 70.0 Å². The molecule has 1 spiro atoms. The number of nitrogen functional groups attached to an aromatic ring is 1. The Balaban J connectivity index is 1.25. The lowest BCUT2D eigenvalue weighted by Crippen LogP contribution is -2.57. The van der Waals surface area contributed by atoms with Crippen molar-refractivity contribution in [3.63, 3.8) is 0 Å². The van der Waals surface area contributed by atoms with Crippen molar-refractivity contribution in [2.24, 2.45) is 20.9 Å². The molecule has 0 amide bonds. The summed E-state index contributed by atoms with van der Waals surface area (Å²) in [7, 11) is 0. The van der Waals surface area contributed by atoms with Gasteiger partial charge >= 0.3 is 12.2 Å². The van der Waals surface area contributed by atoms with Gasteiger partial charge in [-0.25, -0.2) is 13.8 Å². The van der Waals surface area contributed by atoms with Gasteiger partial charge in [-0.2, -0.15) is 23.2 Å². The average Bonchev–Trinajstić information content (AvgIpc) is 3.63. The first-order valence-electron chi connectivity index (χ1n) is 15.7. The van der Waals surface area contributed by atoms with Crippen LogP contribution in [0, 0.1) is 5.92 Å². The Morgan fingerprint density at radius 1 is 1.09 bits per heavy atom. The highest BCUT2D eigenvalue weighted by Crippen LogP contribution is 2.50. The molecule has 7 aliphatic rings. The van der Waals surface area contributed by atoms with Crippen molar-refractivity contribution in [2.75, 3.05) is 32.0 Å². The molecule has 6 aliphatic heterocycles. The third-order valence-corrected chi connectivity index (χ3v) is 11.1. The standard InChI is InChI=1S/C31H34ClF5N6O2/c32-20-11-17(38)10-19(22(20)31(35,36)37)24-23(34)25-21-26(41-28(40-25)44-15-29-5-3-8-42(29)14-16(33)12-29)43-9-1-4-18(43)13-30(6-2-7-30)45-27(21)39-24/h10-11,16,18,21,27H,1-9,12-15,38H2/t16-,18-,21?,27?,29+/m1/s1. The minimum atomic E-state index is -4.91. The van der Waals surface area contributed by atoms with E-state index in [0.29, 0.717) is 31.8 Å². The number of ether oxygens (including phenoxy) is 2. The largest absolute Gasteiger partial charge is 0.461 e. The number of anilines is 1. The highest BCUT2D eigenvalue weighted by atomic mass is 35.5. The Kier molecular flexibility index (Phi) is 6.82. The lowest BCUT2D eigenvalue weighted by atomic mass is 9.74. The number of amidine groups is 2. The van der Waals surface area contributed by atoms with Gasteiger partial charge in [0, 0.05) is 36.8 Å². The number of aliphatic imine (C=N–C) groups is 3. The quantitative estimate of drug-likeness (QED) is 0.318. The van der Waals surface area contributed by atoms with Crippen molar-refractivity contribution in [1.82, 2.24) is 9.80 Å². The Labute approximate surface area is 262 Å². The number of fused-ring (bicyclic) bond motifs is 3. The van der Waals surface area contributed by atoms with Crippen LogP contribution < -0.4 is 5.73 Å². The van der Waals surface area contributed by atoms with E-state index in [4.69, 9.17) is 31.8 Å². The molecule has 1 aliphatic carbocycles. The molecule has 1 aromatic carbocycles. The third kappa shape index (κ3) is 4.78. The Morgan fingerprint density at radius 2 is 1.91 bits per heavy atom. The Hall–Kier alpha value is -2.77. The van der Waals surface area contributed by atoms with Crippen LogP contribution in [0.2, 0.25) is 5.02 Å². The Morgan fingerprint density at radius 3 is 2.67 bits per heavy atom.